The number of hydrogen-bond acceptors (Lipinski definition) is 7. The lowest BCUT2D eigenvalue weighted by molar-refractivity contribution is -0.161. The van der Waals surface area contributed by atoms with Gasteiger partial charge in [0.05, 0.1) is 17.0 Å². The zero-order valence-electron chi connectivity index (χ0n) is 28.0. The number of primary amides is 1. The zero-order valence-corrected chi connectivity index (χ0v) is 28.0. The van der Waals surface area contributed by atoms with Gasteiger partial charge in [0.15, 0.2) is 11.5 Å². The number of carbonyl (C=O) groups is 2. The average Bonchev–Trinajstić information content (AvgIpc) is 3.97. The normalized spacial score (nSPS) is 20.6. The monoisotopic (exact) mass is 705 g/mol. The molecule has 6 rings (SSSR count). The van der Waals surface area contributed by atoms with E-state index in [0.717, 1.165) is 12.8 Å². The van der Waals surface area contributed by atoms with E-state index < -0.39 is 29.1 Å². The number of alkyl halides is 6. The molecule has 2 amide bonds. The molecule has 1 aromatic heterocycles. The lowest BCUT2D eigenvalue weighted by Gasteiger charge is -2.40. The highest BCUT2D eigenvalue weighted by Crippen LogP contribution is 2.59. The van der Waals surface area contributed by atoms with E-state index in [9.17, 15) is 35.9 Å². The Morgan fingerprint density at radius 2 is 1.44 bits per heavy atom. The number of nitrogens with one attached hydrogen (secondary N) is 1. The second-order valence-electron chi connectivity index (χ2n) is 13.6. The first-order valence-electron chi connectivity index (χ1n) is 16.4. The fourth-order valence-electron chi connectivity index (χ4n) is 6.54. The van der Waals surface area contributed by atoms with Crippen molar-refractivity contribution in [2.45, 2.75) is 81.1 Å². The summed E-state index contributed by atoms with van der Waals surface area (Å²) < 4.78 is 78.3. The molecule has 0 unspecified atom stereocenters. The molecule has 9 nitrogen and oxygen atoms in total. The predicted octanol–water partition coefficient (Wildman–Crippen LogP) is 6.86. The molecule has 3 fully saturated rings. The van der Waals surface area contributed by atoms with Crippen LogP contribution >= 0.6 is 0 Å². The minimum Gasteiger partial charge on any atom is -0.399 e. The molecule has 0 radical (unpaired) electrons. The van der Waals surface area contributed by atoms with Gasteiger partial charge in [-0.05, 0) is 86.8 Å². The van der Waals surface area contributed by atoms with Crippen LogP contribution in [0.3, 0.4) is 0 Å². The van der Waals surface area contributed by atoms with Crippen molar-refractivity contribution in [1.29, 1.82) is 0 Å². The van der Waals surface area contributed by atoms with Crippen LogP contribution < -0.4 is 21.7 Å². The van der Waals surface area contributed by atoms with Crippen molar-refractivity contribution in [3.05, 3.63) is 71.5 Å². The molecule has 1 aliphatic heterocycles. The molecule has 0 spiro atoms. The highest BCUT2D eigenvalue weighted by atomic mass is 19.4. The van der Waals surface area contributed by atoms with Crippen LogP contribution in [0, 0.1) is 5.92 Å². The van der Waals surface area contributed by atoms with Gasteiger partial charge in [0, 0.05) is 44.5 Å². The maximum absolute atomic E-state index is 13.4. The molecule has 2 atom stereocenters. The summed E-state index contributed by atoms with van der Waals surface area (Å²) in [4.78, 5) is 36.8. The molecule has 15 heteroatoms. The van der Waals surface area contributed by atoms with Gasteiger partial charge in [-0.1, -0.05) is 24.3 Å². The number of nitrogens with two attached hydrogens (primary N) is 2. The lowest BCUT2D eigenvalue weighted by atomic mass is 9.87. The van der Waals surface area contributed by atoms with Gasteiger partial charge in [0.2, 0.25) is 5.91 Å². The molecule has 0 bridgehead atoms. The number of nitrogen functional groups attached to an aromatic ring is 1. The predicted molar refractivity (Wildman–Crippen MR) is 178 cm³/mol. The van der Waals surface area contributed by atoms with Crippen LogP contribution in [0.25, 0.3) is 0 Å². The summed E-state index contributed by atoms with van der Waals surface area (Å²) in [6, 6.07) is 11.9. The minimum absolute atomic E-state index is 0.0145. The van der Waals surface area contributed by atoms with E-state index >= 15 is 0 Å². The number of halogens is 6. The van der Waals surface area contributed by atoms with Crippen molar-refractivity contribution >= 4 is 34.8 Å². The van der Waals surface area contributed by atoms with Crippen molar-refractivity contribution in [2.24, 2.45) is 11.7 Å². The summed E-state index contributed by atoms with van der Waals surface area (Å²) in [7, 11) is 3.47. The van der Waals surface area contributed by atoms with Gasteiger partial charge in [-0.25, -0.2) is 9.97 Å². The SMILES string of the molecule is C[C@@H]1[C@H](CC(=O)N(C)C)CCCN1c1cnc(C(N)=O)c(Nc2ccc(C3(C(F)(F)F)CC3)cc2)n1.Nc1ccc(C2(C(F)(F)F)CC2)cc1. The zero-order chi connectivity index (χ0) is 36.6. The molecule has 3 aliphatic rings. The van der Waals surface area contributed by atoms with E-state index in [2.05, 4.69) is 20.2 Å². The first-order chi connectivity index (χ1) is 23.4. The Kier molecular flexibility index (Phi) is 10.0. The van der Waals surface area contributed by atoms with E-state index in [4.69, 9.17) is 11.5 Å². The van der Waals surface area contributed by atoms with Crippen LogP contribution in [0.15, 0.2) is 54.7 Å². The summed E-state index contributed by atoms with van der Waals surface area (Å²) in [5.41, 5.74) is 9.01. The lowest BCUT2D eigenvalue weighted by Crippen LogP contribution is -2.45. The van der Waals surface area contributed by atoms with Crippen molar-refractivity contribution in [3.8, 4) is 0 Å². The molecule has 270 valence electrons. The number of benzene rings is 2. The molecular weight excluding hydrogens is 664 g/mol. The third-order valence-corrected chi connectivity index (χ3v) is 10.1. The average molecular weight is 706 g/mol. The van der Waals surface area contributed by atoms with Crippen LogP contribution in [-0.2, 0) is 15.6 Å². The smallest absolute Gasteiger partial charge is 0.398 e. The molecule has 5 N–H and O–H groups in total. The van der Waals surface area contributed by atoms with Crippen molar-refractivity contribution < 1.29 is 35.9 Å². The summed E-state index contributed by atoms with van der Waals surface area (Å²) in [6.07, 6.45) is -4.17. The van der Waals surface area contributed by atoms with Crippen molar-refractivity contribution in [1.82, 2.24) is 14.9 Å². The maximum atomic E-state index is 13.4. The van der Waals surface area contributed by atoms with Crippen LogP contribution in [0.5, 0.6) is 0 Å². The Morgan fingerprint density at radius 3 is 1.90 bits per heavy atom. The van der Waals surface area contributed by atoms with Crippen LogP contribution in [0.1, 0.15) is 73.5 Å². The number of carbonyl (C=O) groups excluding carboxylic acids is 2. The molecule has 1 saturated heterocycles. The molecule has 2 aromatic carbocycles. The maximum Gasteiger partial charge on any atom is 0.398 e. The van der Waals surface area contributed by atoms with Gasteiger partial charge in [-0.2, -0.15) is 26.3 Å². The summed E-state index contributed by atoms with van der Waals surface area (Å²) in [5, 5.41) is 3.00. The Bertz CT molecular complexity index is 1690. The minimum atomic E-state index is -4.29. The number of aromatic nitrogens is 2. The first-order valence-corrected chi connectivity index (χ1v) is 16.4. The topological polar surface area (TPSA) is 130 Å². The van der Waals surface area contributed by atoms with Crippen LogP contribution in [-0.4, -0.2) is 65.7 Å². The second kappa shape index (κ2) is 13.6. The van der Waals surface area contributed by atoms with E-state index in [1.54, 1.807) is 19.0 Å². The highest BCUT2D eigenvalue weighted by molar-refractivity contribution is 5.96. The highest BCUT2D eigenvalue weighted by Gasteiger charge is 2.64. The number of nitrogens with zero attached hydrogens (tertiary/aromatic N) is 4. The van der Waals surface area contributed by atoms with Gasteiger partial charge in [-0.15, -0.1) is 0 Å². The van der Waals surface area contributed by atoms with Gasteiger partial charge in [0.25, 0.3) is 5.91 Å². The quantitative estimate of drug-likeness (QED) is 0.173. The largest absolute Gasteiger partial charge is 0.399 e. The van der Waals surface area contributed by atoms with E-state index in [-0.39, 0.29) is 60.6 Å². The molecule has 2 aliphatic carbocycles. The Labute approximate surface area is 286 Å². The number of hydrogen-bond donors (Lipinski definition) is 3. The van der Waals surface area contributed by atoms with E-state index in [0.29, 0.717) is 35.7 Å². The number of rotatable bonds is 8. The van der Waals surface area contributed by atoms with E-state index in [1.807, 2.05) is 6.92 Å². The standard InChI is InChI=1S/C25H31F3N6O2.C10H10F3N/c1-15-16(13-20(35)33(2)3)5-4-12-34(15)19-14-30-21(22(29)36)23(32-19)31-18-8-6-17(7-9-18)24(10-11-24)25(26,27)28;11-10(12,13)9(5-6-9)7-1-3-8(14)4-2-7/h6-9,14-16H,4-5,10-13H2,1-3H3,(H2,29,36)(H,31,32);1-4H,5-6,14H2/t15-,16+;/m1./s1. The molecule has 2 saturated carbocycles. The van der Waals surface area contributed by atoms with Gasteiger partial charge in [0.1, 0.15) is 5.82 Å². The number of piperidine rings is 1. The number of anilines is 4. The Morgan fingerprint density at radius 1 is 0.920 bits per heavy atom. The van der Waals surface area contributed by atoms with Gasteiger partial charge >= 0.3 is 12.4 Å². The van der Waals surface area contributed by atoms with Crippen molar-refractivity contribution in [2.75, 3.05) is 36.6 Å². The molecule has 50 heavy (non-hydrogen) atoms. The summed E-state index contributed by atoms with van der Waals surface area (Å²) >= 11 is 0. The third kappa shape index (κ3) is 7.46. The summed E-state index contributed by atoms with van der Waals surface area (Å²) in [6.45, 7) is 2.75. The van der Waals surface area contributed by atoms with Gasteiger partial charge in [-0.3, -0.25) is 9.59 Å². The molecular formula is C35H41F6N7O2. The van der Waals surface area contributed by atoms with E-state index in [1.165, 1.54) is 54.7 Å². The molecule has 2 heterocycles. The van der Waals surface area contributed by atoms with Crippen LogP contribution in [0.4, 0.5) is 49.4 Å². The first kappa shape index (κ1) is 36.7. The summed E-state index contributed by atoms with van der Waals surface area (Å²) in [5.74, 6) is 0.0844. The Balaban J connectivity index is 0.000000288. The van der Waals surface area contributed by atoms with Crippen LogP contribution in [0.2, 0.25) is 0 Å². The fourth-order valence-corrected chi connectivity index (χ4v) is 6.54. The second-order valence-corrected chi connectivity index (χ2v) is 13.6. The fraction of sp³-hybridized carbons (Fsp3) is 0.486. The molecule has 3 aromatic rings. The Hall–Kier alpha value is -4.56. The number of amides is 2. The van der Waals surface area contributed by atoms with Gasteiger partial charge < -0.3 is 26.6 Å². The van der Waals surface area contributed by atoms with Crippen molar-refractivity contribution in [3.63, 3.8) is 0 Å². The third-order valence-electron chi connectivity index (χ3n) is 10.1.